The molecule has 2 N–H and O–H groups in total. The molecule has 2 rings (SSSR count). The minimum atomic E-state index is -2.90. The zero-order valence-corrected chi connectivity index (χ0v) is 11.9. The van der Waals surface area contributed by atoms with Gasteiger partial charge in [-0.2, -0.15) is 4.89 Å². The standard InChI is InChI=1S/C10H13O4P3/c11-16(12)6-5-15-9-4-2-1-3-8(9)10-7-17(10,13)14/h1-4,10,15H,5-7H2,(H-,11,12,13,14)/p+1. The molecule has 4 nitrogen and oxygen atoms in total. The van der Waals surface area contributed by atoms with E-state index < -0.39 is 15.4 Å². The van der Waals surface area contributed by atoms with Crippen molar-refractivity contribution in [2.24, 2.45) is 0 Å². The molecule has 17 heavy (non-hydrogen) atoms. The van der Waals surface area contributed by atoms with Crippen LogP contribution in [0.2, 0.25) is 0 Å². The van der Waals surface area contributed by atoms with Crippen molar-refractivity contribution in [2.45, 2.75) is 5.66 Å². The van der Waals surface area contributed by atoms with Crippen LogP contribution < -0.4 is 5.30 Å². The third-order valence-electron chi connectivity index (χ3n) is 2.73. The summed E-state index contributed by atoms with van der Waals surface area (Å²) in [6.45, 7) is 0. The molecule has 1 aromatic rings. The highest BCUT2D eigenvalue weighted by molar-refractivity contribution is 7.66. The maximum Gasteiger partial charge on any atom is 0.505 e. The highest BCUT2D eigenvalue weighted by Gasteiger charge is 2.50. The Morgan fingerprint density at radius 3 is 2.71 bits per heavy atom. The third kappa shape index (κ3) is 3.44. The molecule has 0 bridgehead atoms. The summed E-state index contributed by atoms with van der Waals surface area (Å²) in [6, 6.07) is 7.60. The Morgan fingerprint density at radius 1 is 1.47 bits per heavy atom. The van der Waals surface area contributed by atoms with Gasteiger partial charge < -0.3 is 4.89 Å². The van der Waals surface area contributed by atoms with Crippen molar-refractivity contribution in [1.82, 2.24) is 0 Å². The Bertz CT molecular complexity index is 488. The molecule has 1 aromatic carbocycles. The average Bonchev–Trinajstić information content (AvgIpc) is 2.88. The zero-order valence-electron chi connectivity index (χ0n) is 9.11. The summed E-state index contributed by atoms with van der Waals surface area (Å²) in [6.07, 6.45) is 1.33. The first-order chi connectivity index (χ1) is 8.00. The molecule has 4 atom stereocenters. The fourth-order valence-corrected chi connectivity index (χ4v) is 5.71. The molecule has 0 aromatic heterocycles. The van der Waals surface area contributed by atoms with Crippen molar-refractivity contribution >= 4 is 29.3 Å². The van der Waals surface area contributed by atoms with Gasteiger partial charge in [-0.25, -0.2) is 0 Å². The molecule has 1 aliphatic rings. The summed E-state index contributed by atoms with van der Waals surface area (Å²) in [4.78, 5) is 18.2. The molecule has 0 saturated carbocycles. The van der Waals surface area contributed by atoms with Crippen molar-refractivity contribution < 1.29 is 18.9 Å². The topological polar surface area (TPSA) is 74.6 Å². The van der Waals surface area contributed by atoms with E-state index in [1.165, 1.54) is 0 Å². The molecule has 0 radical (unpaired) electrons. The second-order valence-electron chi connectivity index (χ2n) is 4.04. The predicted molar refractivity (Wildman–Crippen MR) is 71.4 cm³/mol. The lowest BCUT2D eigenvalue weighted by molar-refractivity contribution is 0.499. The molecule has 0 spiro atoms. The number of hydrogen-bond acceptors (Lipinski definition) is 2. The minimum absolute atomic E-state index is 0.200. The SMILES string of the molecule is O=[P+](O)CCPc1ccccc1C1CP1(=O)O. The van der Waals surface area contributed by atoms with Crippen molar-refractivity contribution in [3.63, 3.8) is 0 Å². The van der Waals surface area contributed by atoms with Crippen LogP contribution in [0.3, 0.4) is 0 Å². The van der Waals surface area contributed by atoms with Gasteiger partial charge in [0.25, 0.3) is 0 Å². The van der Waals surface area contributed by atoms with E-state index in [1.54, 1.807) is 0 Å². The van der Waals surface area contributed by atoms with Gasteiger partial charge in [-0.3, -0.25) is 4.57 Å². The molecule has 0 aliphatic carbocycles. The number of benzene rings is 1. The quantitative estimate of drug-likeness (QED) is 0.814. The highest BCUT2D eigenvalue weighted by Crippen LogP contribution is 2.73. The average molecular weight is 291 g/mol. The molecule has 1 heterocycles. The fraction of sp³-hybridized carbons (Fsp3) is 0.400. The zero-order chi connectivity index (χ0) is 12.5. The number of hydrogen-bond donors (Lipinski definition) is 2. The van der Waals surface area contributed by atoms with Gasteiger partial charge in [-0.15, -0.1) is 0 Å². The van der Waals surface area contributed by atoms with Crippen LogP contribution in [-0.2, 0) is 9.13 Å². The summed E-state index contributed by atoms with van der Waals surface area (Å²) in [5.74, 6) is 0. The van der Waals surface area contributed by atoms with Crippen LogP contribution in [0.15, 0.2) is 24.3 Å². The van der Waals surface area contributed by atoms with E-state index in [0.717, 1.165) is 10.9 Å². The fourth-order valence-electron chi connectivity index (χ4n) is 1.75. The smallest absolute Gasteiger partial charge is 0.344 e. The molecular weight excluding hydrogens is 277 g/mol. The van der Waals surface area contributed by atoms with Crippen LogP contribution in [0.5, 0.6) is 0 Å². The van der Waals surface area contributed by atoms with Crippen molar-refractivity contribution in [3.8, 4) is 0 Å². The van der Waals surface area contributed by atoms with E-state index in [2.05, 4.69) is 0 Å². The lowest BCUT2D eigenvalue weighted by Crippen LogP contribution is -2.04. The Morgan fingerprint density at radius 2 is 2.12 bits per heavy atom. The first-order valence-corrected chi connectivity index (χ1v) is 9.80. The predicted octanol–water partition coefficient (Wildman–Crippen LogP) is 2.05. The number of rotatable bonds is 5. The van der Waals surface area contributed by atoms with Gasteiger partial charge in [-0.05, 0) is 15.4 Å². The summed E-state index contributed by atoms with van der Waals surface area (Å²) in [7, 11) is -4.55. The van der Waals surface area contributed by atoms with Crippen LogP contribution in [-0.4, -0.2) is 28.3 Å². The Balaban J connectivity index is 2.07. The largest absolute Gasteiger partial charge is 0.505 e. The molecule has 7 heteroatoms. The normalized spacial score (nSPS) is 28.6. The second-order valence-corrected chi connectivity index (χ2v) is 9.09. The van der Waals surface area contributed by atoms with Crippen LogP contribution in [0.1, 0.15) is 11.2 Å². The van der Waals surface area contributed by atoms with Gasteiger partial charge in [0.2, 0.25) is 7.37 Å². The molecule has 1 aliphatic heterocycles. The Labute approximate surface area is 103 Å². The van der Waals surface area contributed by atoms with E-state index >= 15 is 0 Å². The van der Waals surface area contributed by atoms with Crippen molar-refractivity contribution in [3.05, 3.63) is 29.8 Å². The molecule has 1 fully saturated rings. The highest BCUT2D eigenvalue weighted by atomic mass is 31.2. The van der Waals surface area contributed by atoms with Crippen molar-refractivity contribution in [2.75, 3.05) is 18.5 Å². The summed E-state index contributed by atoms with van der Waals surface area (Å²) >= 11 is 0. The van der Waals surface area contributed by atoms with Crippen molar-refractivity contribution in [1.29, 1.82) is 0 Å². The monoisotopic (exact) mass is 291 g/mol. The lowest BCUT2D eigenvalue weighted by atomic mass is 10.2. The molecule has 4 unspecified atom stereocenters. The van der Waals surface area contributed by atoms with E-state index in [9.17, 15) is 14.0 Å². The van der Waals surface area contributed by atoms with Crippen LogP contribution >= 0.6 is 24.0 Å². The van der Waals surface area contributed by atoms with Gasteiger partial charge in [0, 0.05) is 12.3 Å². The van der Waals surface area contributed by atoms with E-state index in [1.807, 2.05) is 24.3 Å². The maximum absolute atomic E-state index is 11.5. The molecular formula is C10H14O4P3+. The van der Waals surface area contributed by atoms with E-state index in [-0.39, 0.29) is 5.66 Å². The molecule has 92 valence electrons. The Hall–Kier alpha value is -0.100. The molecule has 0 amide bonds. The minimum Gasteiger partial charge on any atom is -0.344 e. The summed E-state index contributed by atoms with van der Waals surface area (Å²) < 4.78 is 22.1. The lowest BCUT2D eigenvalue weighted by Gasteiger charge is -2.06. The van der Waals surface area contributed by atoms with Gasteiger partial charge in [0.05, 0.1) is 5.66 Å². The van der Waals surface area contributed by atoms with Gasteiger partial charge in [0.15, 0.2) is 6.16 Å². The van der Waals surface area contributed by atoms with E-state index in [4.69, 9.17) is 4.89 Å². The summed E-state index contributed by atoms with van der Waals surface area (Å²) in [5, 5.41) is 1.06. The van der Waals surface area contributed by atoms with E-state index in [0.29, 0.717) is 27.1 Å². The maximum atomic E-state index is 11.5. The van der Waals surface area contributed by atoms with Gasteiger partial charge >= 0.3 is 8.03 Å². The van der Waals surface area contributed by atoms with Gasteiger partial charge in [0.1, 0.15) is 0 Å². The third-order valence-corrected chi connectivity index (χ3v) is 6.94. The molecule has 1 saturated heterocycles. The summed E-state index contributed by atoms with van der Waals surface area (Å²) in [5.41, 5.74) is 0.749. The van der Waals surface area contributed by atoms with Crippen LogP contribution in [0.4, 0.5) is 0 Å². The first-order valence-electron chi connectivity index (χ1n) is 5.28. The van der Waals surface area contributed by atoms with Crippen LogP contribution in [0, 0.1) is 0 Å². The Kier molecular flexibility index (Phi) is 4.13. The van der Waals surface area contributed by atoms with Gasteiger partial charge in [-0.1, -0.05) is 32.8 Å². The first kappa shape index (κ1) is 13.3. The van der Waals surface area contributed by atoms with Crippen LogP contribution in [0.25, 0.3) is 0 Å². The second kappa shape index (κ2) is 5.26.